The molecule has 6 nitrogen and oxygen atoms in total. The van der Waals surface area contributed by atoms with Gasteiger partial charge < -0.3 is 10.1 Å². The highest BCUT2D eigenvalue weighted by molar-refractivity contribution is 5.29. The average Bonchev–Trinajstić information content (AvgIpc) is 2.84. The molecule has 20 heavy (non-hydrogen) atoms. The standard InChI is InChI=1S/C13H18FN5O/c1-3-6-15-8-10-4-5-12(11(14)7-10)20-9-13-16-18-19(2)17-13/h4-5,7,15H,3,6,8-9H2,1-2H3. The highest BCUT2D eigenvalue weighted by Gasteiger charge is 2.07. The Morgan fingerprint density at radius 3 is 2.90 bits per heavy atom. The molecule has 0 atom stereocenters. The highest BCUT2D eigenvalue weighted by Crippen LogP contribution is 2.19. The fraction of sp³-hybridized carbons (Fsp3) is 0.462. The Bertz CT molecular complexity index is 557. The summed E-state index contributed by atoms with van der Waals surface area (Å²) in [5.74, 6) is 0.224. The Labute approximate surface area is 116 Å². The Kier molecular flexibility index (Phi) is 5.00. The molecule has 7 heteroatoms. The molecule has 0 spiro atoms. The first-order valence-corrected chi connectivity index (χ1v) is 6.54. The van der Waals surface area contributed by atoms with Crippen LogP contribution in [0.1, 0.15) is 24.7 Å². The zero-order valence-corrected chi connectivity index (χ0v) is 11.6. The first kappa shape index (κ1) is 14.4. The summed E-state index contributed by atoms with van der Waals surface area (Å²) in [5, 5.41) is 14.6. The van der Waals surface area contributed by atoms with Crippen LogP contribution < -0.4 is 10.1 Å². The SMILES string of the molecule is CCCNCc1ccc(OCc2nnn(C)n2)c(F)c1. The normalized spacial score (nSPS) is 10.8. The van der Waals surface area contributed by atoms with Crippen molar-refractivity contribution in [2.75, 3.05) is 6.54 Å². The Morgan fingerprint density at radius 1 is 1.40 bits per heavy atom. The number of tetrazole rings is 1. The first-order valence-electron chi connectivity index (χ1n) is 6.54. The van der Waals surface area contributed by atoms with Gasteiger partial charge in [0.25, 0.3) is 0 Å². The molecular formula is C13H18FN5O. The summed E-state index contributed by atoms with van der Waals surface area (Å²) in [6, 6.07) is 4.93. The molecule has 0 saturated carbocycles. The van der Waals surface area contributed by atoms with Gasteiger partial charge >= 0.3 is 0 Å². The number of ether oxygens (including phenoxy) is 1. The number of halogens is 1. The van der Waals surface area contributed by atoms with E-state index in [9.17, 15) is 4.39 Å². The van der Waals surface area contributed by atoms with Gasteiger partial charge in [-0.15, -0.1) is 10.2 Å². The Hall–Kier alpha value is -2.02. The molecule has 0 aliphatic heterocycles. The zero-order chi connectivity index (χ0) is 14.4. The van der Waals surface area contributed by atoms with Gasteiger partial charge in [-0.05, 0) is 35.9 Å². The highest BCUT2D eigenvalue weighted by atomic mass is 19.1. The van der Waals surface area contributed by atoms with Crippen molar-refractivity contribution in [2.45, 2.75) is 26.5 Å². The van der Waals surface area contributed by atoms with Crippen molar-refractivity contribution >= 4 is 0 Å². The lowest BCUT2D eigenvalue weighted by molar-refractivity contribution is 0.280. The number of hydrogen-bond donors (Lipinski definition) is 1. The molecule has 0 bridgehead atoms. The number of nitrogens with zero attached hydrogens (tertiary/aromatic N) is 4. The topological polar surface area (TPSA) is 64.9 Å². The minimum absolute atomic E-state index is 0.0954. The van der Waals surface area contributed by atoms with Gasteiger partial charge in [0.2, 0.25) is 5.82 Å². The fourth-order valence-corrected chi connectivity index (χ4v) is 1.70. The van der Waals surface area contributed by atoms with Gasteiger partial charge in [-0.3, -0.25) is 0 Å². The van der Waals surface area contributed by atoms with Crippen LogP contribution >= 0.6 is 0 Å². The van der Waals surface area contributed by atoms with Crippen LogP contribution in [0.2, 0.25) is 0 Å². The molecule has 1 N–H and O–H groups in total. The van der Waals surface area contributed by atoms with E-state index in [-0.39, 0.29) is 18.2 Å². The van der Waals surface area contributed by atoms with Crippen molar-refractivity contribution in [1.82, 2.24) is 25.5 Å². The molecule has 1 aromatic carbocycles. The van der Waals surface area contributed by atoms with Gasteiger partial charge in [0.1, 0.15) is 0 Å². The second-order valence-corrected chi connectivity index (χ2v) is 4.43. The molecule has 0 amide bonds. The minimum atomic E-state index is -0.385. The maximum atomic E-state index is 13.9. The van der Waals surface area contributed by atoms with Crippen LogP contribution in [0.4, 0.5) is 4.39 Å². The molecule has 0 fully saturated rings. The maximum absolute atomic E-state index is 13.9. The van der Waals surface area contributed by atoms with E-state index in [1.807, 2.05) is 6.07 Å². The van der Waals surface area contributed by atoms with E-state index in [0.29, 0.717) is 12.4 Å². The van der Waals surface area contributed by atoms with E-state index in [4.69, 9.17) is 4.74 Å². The van der Waals surface area contributed by atoms with Crippen molar-refractivity contribution in [2.24, 2.45) is 7.05 Å². The summed E-state index contributed by atoms with van der Waals surface area (Å²) < 4.78 is 19.2. The summed E-state index contributed by atoms with van der Waals surface area (Å²) >= 11 is 0. The van der Waals surface area contributed by atoms with E-state index in [1.54, 1.807) is 13.1 Å². The molecule has 2 rings (SSSR count). The third-order valence-electron chi connectivity index (χ3n) is 2.66. The average molecular weight is 279 g/mol. The second kappa shape index (κ2) is 6.95. The van der Waals surface area contributed by atoms with Crippen molar-refractivity contribution in [1.29, 1.82) is 0 Å². The Balaban J connectivity index is 1.92. The van der Waals surface area contributed by atoms with E-state index in [0.717, 1.165) is 18.5 Å². The molecule has 0 radical (unpaired) electrons. The largest absolute Gasteiger partial charge is 0.482 e. The van der Waals surface area contributed by atoms with Crippen LogP contribution in [-0.2, 0) is 20.2 Å². The number of nitrogens with one attached hydrogen (secondary N) is 1. The van der Waals surface area contributed by atoms with Gasteiger partial charge in [0, 0.05) is 6.54 Å². The molecule has 1 heterocycles. The zero-order valence-electron chi connectivity index (χ0n) is 11.6. The first-order chi connectivity index (χ1) is 9.69. The Morgan fingerprint density at radius 2 is 2.25 bits per heavy atom. The second-order valence-electron chi connectivity index (χ2n) is 4.43. The fourth-order valence-electron chi connectivity index (χ4n) is 1.70. The van der Waals surface area contributed by atoms with Crippen molar-refractivity contribution in [3.63, 3.8) is 0 Å². The van der Waals surface area contributed by atoms with Gasteiger partial charge in [-0.1, -0.05) is 13.0 Å². The van der Waals surface area contributed by atoms with Crippen molar-refractivity contribution < 1.29 is 9.13 Å². The number of benzene rings is 1. The summed E-state index contributed by atoms with van der Waals surface area (Å²) in [4.78, 5) is 1.33. The molecular weight excluding hydrogens is 261 g/mol. The molecule has 0 aliphatic carbocycles. The smallest absolute Gasteiger partial charge is 0.212 e. The molecule has 2 aromatic rings. The van der Waals surface area contributed by atoms with E-state index in [1.165, 1.54) is 10.9 Å². The van der Waals surface area contributed by atoms with Gasteiger partial charge in [0.05, 0.1) is 7.05 Å². The van der Waals surface area contributed by atoms with E-state index >= 15 is 0 Å². The predicted molar refractivity (Wildman–Crippen MR) is 71.5 cm³/mol. The molecule has 0 unspecified atom stereocenters. The molecule has 0 aliphatic rings. The predicted octanol–water partition coefficient (Wildman–Crippen LogP) is 1.43. The van der Waals surface area contributed by atoms with Gasteiger partial charge in [-0.2, -0.15) is 4.80 Å². The van der Waals surface area contributed by atoms with Crippen molar-refractivity contribution in [3.05, 3.63) is 35.4 Å². The van der Waals surface area contributed by atoms with Crippen molar-refractivity contribution in [3.8, 4) is 5.75 Å². The summed E-state index contributed by atoms with van der Waals surface area (Å²) in [6.07, 6.45) is 1.05. The number of hydrogen-bond acceptors (Lipinski definition) is 5. The lowest BCUT2D eigenvalue weighted by Gasteiger charge is -2.07. The van der Waals surface area contributed by atoms with Gasteiger partial charge in [-0.25, -0.2) is 4.39 Å². The minimum Gasteiger partial charge on any atom is -0.482 e. The third-order valence-corrected chi connectivity index (χ3v) is 2.66. The third kappa shape index (κ3) is 3.99. The molecule has 1 aromatic heterocycles. The summed E-state index contributed by atoms with van der Waals surface area (Å²) in [7, 11) is 1.66. The summed E-state index contributed by atoms with van der Waals surface area (Å²) in [6.45, 7) is 3.75. The monoisotopic (exact) mass is 279 g/mol. The number of aromatic nitrogens is 4. The van der Waals surface area contributed by atoms with Crippen LogP contribution in [0.5, 0.6) is 5.75 Å². The maximum Gasteiger partial charge on any atom is 0.212 e. The van der Waals surface area contributed by atoms with Crippen LogP contribution in [0, 0.1) is 5.82 Å². The van der Waals surface area contributed by atoms with E-state index < -0.39 is 0 Å². The lowest BCUT2D eigenvalue weighted by Crippen LogP contribution is -2.13. The molecule has 108 valence electrons. The van der Waals surface area contributed by atoms with Crippen LogP contribution in [-0.4, -0.2) is 26.8 Å². The summed E-state index contributed by atoms with van der Waals surface area (Å²) in [5.41, 5.74) is 0.890. The molecule has 0 saturated heterocycles. The van der Waals surface area contributed by atoms with Gasteiger partial charge in [0.15, 0.2) is 18.2 Å². The van der Waals surface area contributed by atoms with Crippen LogP contribution in [0.3, 0.4) is 0 Å². The quantitative estimate of drug-likeness (QED) is 0.777. The number of rotatable bonds is 7. The van der Waals surface area contributed by atoms with Crippen LogP contribution in [0.25, 0.3) is 0 Å². The van der Waals surface area contributed by atoms with E-state index in [2.05, 4.69) is 27.7 Å². The number of aryl methyl sites for hydroxylation is 1. The van der Waals surface area contributed by atoms with Crippen LogP contribution in [0.15, 0.2) is 18.2 Å². The lowest BCUT2D eigenvalue weighted by atomic mass is 10.2.